The van der Waals surface area contributed by atoms with Crippen LogP contribution in [0.2, 0.25) is 0 Å². The van der Waals surface area contributed by atoms with Gasteiger partial charge in [0.1, 0.15) is 12.6 Å². The van der Waals surface area contributed by atoms with Gasteiger partial charge in [-0.1, -0.05) is 74.5 Å². The molecule has 0 radical (unpaired) electrons. The van der Waals surface area contributed by atoms with Crippen LogP contribution in [0.4, 0.5) is 4.79 Å². The Balaban J connectivity index is 1.81. The van der Waals surface area contributed by atoms with Crippen LogP contribution in [0.25, 0.3) is 0 Å². The van der Waals surface area contributed by atoms with Gasteiger partial charge in [0.15, 0.2) is 0 Å². The Morgan fingerprint density at radius 2 is 1.44 bits per heavy atom. The van der Waals surface area contributed by atoms with Crippen molar-refractivity contribution >= 4 is 12.0 Å². The van der Waals surface area contributed by atoms with Crippen molar-refractivity contribution in [2.24, 2.45) is 5.92 Å². The van der Waals surface area contributed by atoms with E-state index in [0.717, 1.165) is 11.1 Å². The molecule has 6 heteroatoms. The zero-order valence-corrected chi connectivity index (χ0v) is 15.7. The standard InChI is InChI=1S/C21H26N2O4/c1-16(2)13-19(20(24)23-27-15-18-11-7-4-8-12-18)22-21(25)26-14-17-9-5-3-6-10-17/h3-12,16,19H,13-15H2,1-2H3,(H,22,25)(H,23,24)/t19-/m0/s1. The normalized spacial score (nSPS) is 11.7. The Labute approximate surface area is 159 Å². The van der Waals surface area contributed by atoms with Crippen LogP contribution in [0.15, 0.2) is 60.7 Å². The highest BCUT2D eigenvalue weighted by atomic mass is 16.7. The smallest absolute Gasteiger partial charge is 0.408 e. The summed E-state index contributed by atoms with van der Waals surface area (Å²) in [6.45, 7) is 4.34. The highest BCUT2D eigenvalue weighted by Crippen LogP contribution is 2.07. The number of carbonyl (C=O) groups is 2. The largest absolute Gasteiger partial charge is 0.445 e. The van der Waals surface area contributed by atoms with E-state index in [1.165, 1.54) is 0 Å². The SMILES string of the molecule is CC(C)C[C@H](NC(=O)OCc1ccccc1)C(=O)NOCc1ccccc1. The first kappa shape index (κ1) is 20.5. The predicted octanol–water partition coefficient (Wildman–Crippen LogP) is 3.58. The zero-order valence-electron chi connectivity index (χ0n) is 15.7. The van der Waals surface area contributed by atoms with Crippen LogP contribution in [-0.2, 0) is 27.6 Å². The molecule has 0 aromatic heterocycles. The first-order chi connectivity index (χ1) is 13.0. The highest BCUT2D eigenvalue weighted by Gasteiger charge is 2.23. The summed E-state index contributed by atoms with van der Waals surface area (Å²) < 4.78 is 5.19. The van der Waals surface area contributed by atoms with Crippen LogP contribution in [0.3, 0.4) is 0 Å². The van der Waals surface area contributed by atoms with Crippen molar-refractivity contribution in [3.05, 3.63) is 71.8 Å². The third-order valence-corrected chi connectivity index (χ3v) is 3.78. The van der Waals surface area contributed by atoms with Crippen molar-refractivity contribution in [2.45, 2.75) is 39.5 Å². The molecule has 0 fully saturated rings. The molecule has 2 N–H and O–H groups in total. The molecule has 2 rings (SSSR count). The van der Waals surface area contributed by atoms with E-state index in [0.29, 0.717) is 6.42 Å². The highest BCUT2D eigenvalue weighted by molar-refractivity contribution is 5.84. The maximum absolute atomic E-state index is 12.4. The van der Waals surface area contributed by atoms with E-state index in [1.54, 1.807) is 0 Å². The summed E-state index contributed by atoms with van der Waals surface area (Å²) in [7, 11) is 0. The molecule has 0 saturated carbocycles. The van der Waals surface area contributed by atoms with Gasteiger partial charge in [-0.05, 0) is 23.5 Å². The minimum absolute atomic E-state index is 0.146. The van der Waals surface area contributed by atoms with Gasteiger partial charge in [-0.2, -0.15) is 0 Å². The van der Waals surface area contributed by atoms with Crippen LogP contribution < -0.4 is 10.8 Å². The lowest BCUT2D eigenvalue weighted by atomic mass is 10.0. The van der Waals surface area contributed by atoms with Crippen LogP contribution in [0, 0.1) is 5.92 Å². The van der Waals surface area contributed by atoms with Gasteiger partial charge < -0.3 is 10.1 Å². The average molecular weight is 370 g/mol. The monoisotopic (exact) mass is 370 g/mol. The van der Waals surface area contributed by atoms with Crippen LogP contribution in [0.5, 0.6) is 0 Å². The first-order valence-corrected chi connectivity index (χ1v) is 8.97. The zero-order chi connectivity index (χ0) is 19.5. The molecule has 0 aliphatic heterocycles. The lowest BCUT2D eigenvalue weighted by Gasteiger charge is -2.19. The van der Waals surface area contributed by atoms with Crippen molar-refractivity contribution in [1.82, 2.24) is 10.8 Å². The van der Waals surface area contributed by atoms with Crippen molar-refractivity contribution in [1.29, 1.82) is 0 Å². The van der Waals surface area contributed by atoms with Crippen molar-refractivity contribution in [2.75, 3.05) is 0 Å². The maximum Gasteiger partial charge on any atom is 0.408 e. The van der Waals surface area contributed by atoms with Crippen LogP contribution in [-0.4, -0.2) is 18.0 Å². The van der Waals surface area contributed by atoms with Gasteiger partial charge in [0, 0.05) is 0 Å². The molecule has 0 aliphatic carbocycles. The molecular weight excluding hydrogens is 344 g/mol. The third-order valence-electron chi connectivity index (χ3n) is 3.78. The molecule has 6 nitrogen and oxygen atoms in total. The summed E-state index contributed by atoms with van der Waals surface area (Å²) in [5.74, 6) is -0.194. The lowest BCUT2D eigenvalue weighted by Crippen LogP contribution is -2.47. The number of hydrogen-bond donors (Lipinski definition) is 2. The molecular formula is C21H26N2O4. The summed E-state index contributed by atoms with van der Waals surface area (Å²) in [5.41, 5.74) is 4.22. The molecule has 2 aromatic carbocycles. The molecule has 144 valence electrons. The summed E-state index contributed by atoms with van der Waals surface area (Å²) in [6, 6.07) is 18.1. The summed E-state index contributed by atoms with van der Waals surface area (Å²) >= 11 is 0. The number of hydroxylamine groups is 1. The number of alkyl carbamates (subject to hydrolysis) is 1. The first-order valence-electron chi connectivity index (χ1n) is 8.97. The van der Waals surface area contributed by atoms with E-state index in [4.69, 9.17) is 9.57 Å². The molecule has 27 heavy (non-hydrogen) atoms. The third kappa shape index (κ3) is 7.92. The molecule has 0 spiro atoms. The van der Waals surface area contributed by atoms with E-state index in [9.17, 15) is 9.59 Å². The topological polar surface area (TPSA) is 76.7 Å². The van der Waals surface area contributed by atoms with Crippen LogP contribution in [0.1, 0.15) is 31.4 Å². The number of hydrogen-bond acceptors (Lipinski definition) is 4. The number of amides is 2. The second kappa shape index (κ2) is 11.0. The van der Waals surface area contributed by atoms with Gasteiger partial charge >= 0.3 is 6.09 Å². The Kier molecular flexibility index (Phi) is 8.32. The molecule has 1 atom stereocenters. The number of carbonyl (C=O) groups excluding carboxylic acids is 2. The molecule has 2 aromatic rings. The average Bonchev–Trinajstić information content (AvgIpc) is 2.67. The number of ether oxygens (including phenoxy) is 1. The quantitative estimate of drug-likeness (QED) is 0.662. The predicted molar refractivity (Wildman–Crippen MR) is 102 cm³/mol. The van der Waals surface area contributed by atoms with E-state index < -0.39 is 18.0 Å². The Morgan fingerprint density at radius 3 is 2.00 bits per heavy atom. The fourth-order valence-electron chi connectivity index (χ4n) is 2.45. The number of rotatable bonds is 9. The Hall–Kier alpha value is -2.86. The summed E-state index contributed by atoms with van der Waals surface area (Å²) in [4.78, 5) is 29.7. The summed E-state index contributed by atoms with van der Waals surface area (Å²) in [5, 5.41) is 2.61. The maximum atomic E-state index is 12.4. The van der Waals surface area contributed by atoms with Crippen molar-refractivity contribution in [3.63, 3.8) is 0 Å². The van der Waals surface area contributed by atoms with E-state index in [-0.39, 0.29) is 19.1 Å². The van der Waals surface area contributed by atoms with Gasteiger partial charge in [0.25, 0.3) is 5.91 Å². The Morgan fingerprint density at radius 1 is 0.889 bits per heavy atom. The van der Waals surface area contributed by atoms with Gasteiger partial charge in [-0.3, -0.25) is 9.63 Å². The van der Waals surface area contributed by atoms with E-state index in [2.05, 4.69) is 10.8 Å². The fraction of sp³-hybridized carbons (Fsp3) is 0.333. The molecule has 0 unspecified atom stereocenters. The Bertz CT molecular complexity index is 705. The number of benzene rings is 2. The molecule has 0 bridgehead atoms. The minimum Gasteiger partial charge on any atom is -0.445 e. The second-order valence-electron chi connectivity index (χ2n) is 6.63. The van der Waals surface area contributed by atoms with E-state index in [1.807, 2.05) is 74.5 Å². The van der Waals surface area contributed by atoms with Gasteiger partial charge in [0.05, 0.1) is 6.61 Å². The second-order valence-corrected chi connectivity index (χ2v) is 6.63. The fourth-order valence-corrected chi connectivity index (χ4v) is 2.45. The van der Waals surface area contributed by atoms with Gasteiger partial charge in [0.2, 0.25) is 0 Å². The molecule has 0 aliphatic rings. The molecule has 2 amide bonds. The number of nitrogens with one attached hydrogen (secondary N) is 2. The molecule has 0 heterocycles. The van der Waals surface area contributed by atoms with Crippen molar-refractivity contribution < 1.29 is 19.2 Å². The minimum atomic E-state index is -0.732. The van der Waals surface area contributed by atoms with Gasteiger partial charge in [-0.25, -0.2) is 10.3 Å². The van der Waals surface area contributed by atoms with Gasteiger partial charge in [-0.15, -0.1) is 0 Å². The molecule has 0 saturated heterocycles. The lowest BCUT2D eigenvalue weighted by molar-refractivity contribution is -0.137. The summed E-state index contributed by atoms with van der Waals surface area (Å²) in [6.07, 6.45) is -0.163. The van der Waals surface area contributed by atoms with E-state index >= 15 is 0 Å². The van der Waals surface area contributed by atoms with Crippen molar-refractivity contribution in [3.8, 4) is 0 Å². The van der Waals surface area contributed by atoms with Crippen LogP contribution >= 0.6 is 0 Å².